The second kappa shape index (κ2) is 16.5. The molecule has 0 heterocycles. The average Bonchev–Trinajstić information content (AvgIpc) is 2.76. The molecular weight excluding hydrogens is 480 g/mol. The zero-order valence-electron chi connectivity index (χ0n) is 20.0. The standard InChI is InChI=1S/C20H38N8O6S/c1-10(2)8-13(19(33)34)27-17(31)12(4-3-7-25-20(23)24)26-18(32)14(9-35)28-16(30)11(21)5-6-15(22)29/h10-14,35H,3-9,21H2,1-2H3,(H2,22,29)(H,26,32)(H,27,31)(H,28,30)(H,33,34)(H4,23,24,25)/t11-,12-,13-,14-/m0/s1. The molecule has 14 nitrogen and oxygen atoms in total. The minimum Gasteiger partial charge on any atom is -0.480 e. The second-order valence-corrected chi connectivity index (χ2v) is 8.76. The van der Waals surface area contributed by atoms with Crippen LogP contribution in [0.3, 0.4) is 0 Å². The van der Waals surface area contributed by atoms with Gasteiger partial charge in [-0.3, -0.25) is 24.2 Å². The molecule has 0 saturated carbocycles. The van der Waals surface area contributed by atoms with Crippen molar-refractivity contribution in [3.8, 4) is 0 Å². The molecule has 0 aromatic rings. The van der Waals surface area contributed by atoms with Crippen LogP contribution >= 0.6 is 12.6 Å². The maximum Gasteiger partial charge on any atom is 0.326 e. The van der Waals surface area contributed by atoms with E-state index in [0.717, 1.165) is 0 Å². The molecule has 0 radical (unpaired) electrons. The molecule has 35 heavy (non-hydrogen) atoms. The predicted octanol–water partition coefficient (Wildman–Crippen LogP) is -2.85. The number of nitrogens with two attached hydrogens (primary N) is 4. The van der Waals surface area contributed by atoms with Crippen molar-refractivity contribution in [2.75, 3.05) is 12.3 Å². The fourth-order valence-corrected chi connectivity index (χ4v) is 3.17. The lowest BCUT2D eigenvalue weighted by atomic mass is 10.0. The molecule has 12 N–H and O–H groups in total. The van der Waals surface area contributed by atoms with Gasteiger partial charge in [-0.25, -0.2) is 4.79 Å². The van der Waals surface area contributed by atoms with Gasteiger partial charge >= 0.3 is 5.97 Å². The number of thiol groups is 1. The number of carboxylic acid groups (broad SMARTS) is 1. The first-order valence-electron chi connectivity index (χ1n) is 11.1. The first kappa shape index (κ1) is 31.9. The molecule has 200 valence electrons. The van der Waals surface area contributed by atoms with E-state index in [1.807, 2.05) is 13.8 Å². The average molecular weight is 519 g/mol. The Morgan fingerprint density at radius 3 is 1.91 bits per heavy atom. The van der Waals surface area contributed by atoms with Crippen molar-refractivity contribution >= 4 is 48.2 Å². The maximum atomic E-state index is 12.8. The number of carbonyl (C=O) groups excluding carboxylic acids is 4. The van der Waals surface area contributed by atoms with Crippen LogP contribution in [0.2, 0.25) is 0 Å². The number of carboxylic acids is 1. The van der Waals surface area contributed by atoms with Gasteiger partial charge in [0, 0.05) is 18.7 Å². The zero-order valence-corrected chi connectivity index (χ0v) is 20.9. The van der Waals surface area contributed by atoms with Crippen molar-refractivity contribution in [3.05, 3.63) is 0 Å². The summed E-state index contributed by atoms with van der Waals surface area (Å²) >= 11 is 4.07. The van der Waals surface area contributed by atoms with Crippen LogP contribution in [0.25, 0.3) is 0 Å². The molecule has 0 spiro atoms. The lowest BCUT2D eigenvalue weighted by molar-refractivity contribution is -0.142. The van der Waals surface area contributed by atoms with E-state index in [2.05, 4.69) is 33.6 Å². The first-order chi connectivity index (χ1) is 16.3. The predicted molar refractivity (Wildman–Crippen MR) is 133 cm³/mol. The van der Waals surface area contributed by atoms with Crippen LogP contribution in [0.1, 0.15) is 46.0 Å². The molecule has 0 aliphatic heterocycles. The third kappa shape index (κ3) is 14.0. The lowest BCUT2D eigenvalue weighted by Gasteiger charge is -2.25. The summed E-state index contributed by atoms with van der Waals surface area (Å²) in [6.45, 7) is 3.80. The summed E-state index contributed by atoms with van der Waals surface area (Å²) in [6, 6.07) is -4.51. The normalized spacial score (nSPS) is 14.2. The van der Waals surface area contributed by atoms with Gasteiger partial charge in [0.15, 0.2) is 5.96 Å². The molecule has 4 atom stereocenters. The van der Waals surface area contributed by atoms with Crippen LogP contribution in [0.5, 0.6) is 0 Å². The van der Waals surface area contributed by atoms with Crippen LogP contribution < -0.4 is 38.9 Å². The Hall–Kier alpha value is -3.07. The molecule has 0 saturated heterocycles. The summed E-state index contributed by atoms with van der Waals surface area (Å²) < 4.78 is 0. The Balaban J connectivity index is 5.38. The fraction of sp³-hybridized carbons (Fsp3) is 0.700. The molecule has 0 aliphatic rings. The molecule has 4 amide bonds. The molecule has 0 unspecified atom stereocenters. The highest BCUT2D eigenvalue weighted by Crippen LogP contribution is 2.07. The van der Waals surface area contributed by atoms with Crippen LogP contribution in [0.4, 0.5) is 0 Å². The number of rotatable bonds is 17. The van der Waals surface area contributed by atoms with E-state index in [-0.39, 0.29) is 49.9 Å². The van der Waals surface area contributed by atoms with E-state index in [9.17, 15) is 29.1 Å². The van der Waals surface area contributed by atoms with Gasteiger partial charge in [0.1, 0.15) is 18.1 Å². The number of nitrogens with zero attached hydrogens (tertiary/aromatic N) is 1. The summed E-state index contributed by atoms with van der Waals surface area (Å²) in [6.07, 6.45) is 0.464. The monoisotopic (exact) mass is 518 g/mol. The van der Waals surface area contributed by atoms with Gasteiger partial charge in [-0.1, -0.05) is 13.8 Å². The van der Waals surface area contributed by atoms with Crippen molar-refractivity contribution in [1.82, 2.24) is 16.0 Å². The number of carbonyl (C=O) groups is 5. The Kier molecular flexibility index (Phi) is 15.1. The number of hydrogen-bond acceptors (Lipinski definition) is 8. The molecule has 15 heteroatoms. The minimum atomic E-state index is -1.21. The van der Waals surface area contributed by atoms with Gasteiger partial charge in [-0.2, -0.15) is 12.6 Å². The highest BCUT2D eigenvalue weighted by atomic mass is 32.1. The molecule has 0 bridgehead atoms. The van der Waals surface area contributed by atoms with Crippen LogP contribution in [0, 0.1) is 5.92 Å². The number of aliphatic carboxylic acids is 1. The second-order valence-electron chi connectivity index (χ2n) is 8.39. The van der Waals surface area contributed by atoms with Crippen molar-refractivity contribution in [3.63, 3.8) is 0 Å². The number of nitrogens with one attached hydrogen (secondary N) is 3. The van der Waals surface area contributed by atoms with E-state index < -0.39 is 53.8 Å². The largest absolute Gasteiger partial charge is 0.480 e. The third-order valence-corrected chi connectivity index (χ3v) is 5.12. The van der Waals surface area contributed by atoms with Crippen molar-refractivity contribution in [1.29, 1.82) is 0 Å². The molecule has 0 fully saturated rings. The molecular formula is C20H38N8O6S. The molecule has 0 rings (SSSR count). The Labute approximate surface area is 209 Å². The first-order valence-corrected chi connectivity index (χ1v) is 11.8. The van der Waals surface area contributed by atoms with Gasteiger partial charge in [-0.15, -0.1) is 0 Å². The maximum absolute atomic E-state index is 12.8. The van der Waals surface area contributed by atoms with Gasteiger partial charge in [-0.05, 0) is 31.6 Å². The van der Waals surface area contributed by atoms with Gasteiger partial charge in [0.25, 0.3) is 0 Å². The molecule has 0 aliphatic carbocycles. The number of primary amides is 1. The van der Waals surface area contributed by atoms with E-state index in [4.69, 9.17) is 22.9 Å². The van der Waals surface area contributed by atoms with Crippen molar-refractivity contribution in [2.24, 2.45) is 33.8 Å². The molecule has 0 aromatic carbocycles. The summed E-state index contributed by atoms with van der Waals surface area (Å²) in [5, 5.41) is 16.8. The minimum absolute atomic E-state index is 0.00569. The van der Waals surface area contributed by atoms with Crippen LogP contribution in [-0.2, 0) is 24.0 Å². The SMILES string of the molecule is CC(C)C[C@H](NC(=O)[C@H](CCCN=C(N)N)NC(=O)[C@H](CS)NC(=O)[C@@H](N)CCC(N)=O)C(=O)O. The van der Waals surface area contributed by atoms with E-state index in [1.54, 1.807) is 0 Å². The van der Waals surface area contributed by atoms with Crippen LogP contribution in [-0.4, -0.2) is 77.1 Å². The zero-order chi connectivity index (χ0) is 27.1. The molecule has 0 aromatic heterocycles. The van der Waals surface area contributed by atoms with E-state index in [1.165, 1.54) is 0 Å². The Bertz CT molecular complexity index is 775. The van der Waals surface area contributed by atoms with Crippen molar-refractivity contribution < 1.29 is 29.1 Å². The summed E-state index contributed by atoms with van der Waals surface area (Å²) in [5.41, 5.74) is 21.3. The highest BCUT2D eigenvalue weighted by Gasteiger charge is 2.30. The summed E-state index contributed by atoms with van der Waals surface area (Å²) in [4.78, 5) is 64.2. The Morgan fingerprint density at radius 1 is 0.886 bits per heavy atom. The quantitative estimate of drug-likeness (QED) is 0.0414. The van der Waals surface area contributed by atoms with E-state index in [0.29, 0.717) is 6.42 Å². The number of amides is 4. The number of aliphatic imine (C=N–C) groups is 1. The van der Waals surface area contributed by atoms with Crippen molar-refractivity contribution in [2.45, 2.75) is 70.1 Å². The fourth-order valence-electron chi connectivity index (χ4n) is 2.91. The number of guanidine groups is 1. The highest BCUT2D eigenvalue weighted by molar-refractivity contribution is 7.80. The van der Waals surface area contributed by atoms with Gasteiger partial charge in [0.05, 0.1) is 6.04 Å². The summed E-state index contributed by atoms with van der Waals surface area (Å²) in [7, 11) is 0. The smallest absolute Gasteiger partial charge is 0.326 e. The van der Waals surface area contributed by atoms with E-state index >= 15 is 0 Å². The van der Waals surface area contributed by atoms with Gasteiger partial charge < -0.3 is 44.0 Å². The lowest BCUT2D eigenvalue weighted by Crippen LogP contribution is -2.57. The third-order valence-electron chi connectivity index (χ3n) is 4.75. The number of hydrogen-bond donors (Lipinski definition) is 9. The summed E-state index contributed by atoms with van der Waals surface area (Å²) in [5.74, 6) is -4.22. The Morgan fingerprint density at radius 2 is 1.43 bits per heavy atom. The van der Waals surface area contributed by atoms with Gasteiger partial charge in [0.2, 0.25) is 23.6 Å². The topological polar surface area (TPSA) is 258 Å². The van der Waals surface area contributed by atoms with Crippen LogP contribution in [0.15, 0.2) is 4.99 Å².